The summed E-state index contributed by atoms with van der Waals surface area (Å²) in [6.45, 7) is 4.94. The van der Waals surface area contributed by atoms with Crippen LogP contribution in [0.15, 0.2) is 18.2 Å². The number of benzene rings is 1. The first-order valence-corrected chi connectivity index (χ1v) is 7.60. The van der Waals surface area contributed by atoms with E-state index < -0.39 is 0 Å². The smallest absolute Gasteiger partial charge is 0.254 e. The molecule has 0 spiro atoms. The van der Waals surface area contributed by atoms with Gasteiger partial charge in [0.15, 0.2) is 0 Å². The van der Waals surface area contributed by atoms with Gasteiger partial charge >= 0.3 is 0 Å². The van der Waals surface area contributed by atoms with E-state index in [1.807, 2.05) is 30.9 Å². The molecule has 1 aliphatic rings. The minimum atomic E-state index is 0.168. The number of likely N-dealkylation sites (tertiary alicyclic amines) is 1. The highest BCUT2D eigenvalue weighted by Gasteiger charge is 2.27. The van der Waals surface area contributed by atoms with Gasteiger partial charge in [0.05, 0.1) is 0 Å². The number of halogens is 1. The average Bonchev–Trinajstić information content (AvgIpc) is 2.38. The molecule has 0 radical (unpaired) electrons. The molecule has 1 fully saturated rings. The van der Waals surface area contributed by atoms with Gasteiger partial charge in [0.25, 0.3) is 5.91 Å². The second-order valence-corrected chi connectivity index (χ2v) is 5.88. The minimum absolute atomic E-state index is 0.168. The number of nitrogens with zero attached hydrogens (tertiary/aromatic N) is 1. The fraction of sp³-hybridized carbons (Fsp3) is 0.562. The topological polar surface area (TPSA) is 20.3 Å². The predicted molar refractivity (Wildman–Crippen MR) is 79.9 cm³/mol. The van der Waals surface area contributed by atoms with Gasteiger partial charge in [0, 0.05) is 24.0 Å². The Morgan fingerprint density at radius 2 is 1.95 bits per heavy atom. The summed E-state index contributed by atoms with van der Waals surface area (Å²) in [6, 6.07) is 6.40. The van der Waals surface area contributed by atoms with E-state index in [9.17, 15) is 4.79 Å². The van der Waals surface area contributed by atoms with Gasteiger partial charge in [0.2, 0.25) is 0 Å². The van der Waals surface area contributed by atoms with Crippen LogP contribution in [0, 0.1) is 13.8 Å². The molecular weight excluding hydrogens is 258 g/mol. The molecule has 1 amide bonds. The molecule has 1 unspecified atom stereocenters. The fourth-order valence-electron chi connectivity index (χ4n) is 2.96. The number of alkyl halides is 1. The van der Waals surface area contributed by atoms with E-state index in [-0.39, 0.29) is 5.91 Å². The molecule has 0 aromatic heterocycles. The third kappa shape index (κ3) is 3.50. The van der Waals surface area contributed by atoms with Crippen molar-refractivity contribution in [3.8, 4) is 0 Å². The van der Waals surface area contributed by atoms with Crippen LogP contribution in [0.3, 0.4) is 0 Å². The maximum absolute atomic E-state index is 12.7. The largest absolute Gasteiger partial charge is 0.336 e. The Bertz CT molecular complexity index is 436. The summed E-state index contributed by atoms with van der Waals surface area (Å²) in [5.41, 5.74) is 3.11. The van der Waals surface area contributed by atoms with Gasteiger partial charge in [0.1, 0.15) is 0 Å². The van der Waals surface area contributed by atoms with E-state index in [0.717, 1.165) is 42.5 Å². The molecule has 0 aliphatic carbocycles. The van der Waals surface area contributed by atoms with E-state index >= 15 is 0 Å². The lowest BCUT2D eigenvalue weighted by molar-refractivity contribution is 0.0609. The molecule has 104 valence electrons. The van der Waals surface area contributed by atoms with Crippen LogP contribution in [0.25, 0.3) is 0 Å². The molecule has 1 saturated heterocycles. The molecule has 2 rings (SSSR count). The number of piperidine rings is 1. The normalized spacial score (nSPS) is 19.5. The van der Waals surface area contributed by atoms with Crippen LogP contribution < -0.4 is 0 Å². The molecule has 0 bridgehead atoms. The molecule has 3 heteroatoms. The van der Waals surface area contributed by atoms with Crippen molar-refractivity contribution in [2.75, 3.05) is 12.4 Å². The van der Waals surface area contributed by atoms with Gasteiger partial charge in [-0.3, -0.25) is 4.79 Å². The quantitative estimate of drug-likeness (QED) is 0.768. The highest BCUT2D eigenvalue weighted by atomic mass is 35.5. The van der Waals surface area contributed by atoms with E-state index in [1.54, 1.807) is 0 Å². The lowest BCUT2D eigenvalue weighted by atomic mass is 9.98. The van der Waals surface area contributed by atoms with Gasteiger partial charge in [-0.1, -0.05) is 17.2 Å². The SMILES string of the molecule is Cc1cc(C)cc(C(=O)N2CCCCC2CCCl)c1. The van der Waals surface area contributed by atoms with Crippen molar-refractivity contribution in [3.63, 3.8) is 0 Å². The zero-order valence-electron chi connectivity index (χ0n) is 11.8. The van der Waals surface area contributed by atoms with E-state index in [0.29, 0.717) is 11.9 Å². The number of hydrogen-bond acceptors (Lipinski definition) is 1. The average molecular weight is 280 g/mol. The van der Waals surface area contributed by atoms with Crippen LogP contribution in [0.1, 0.15) is 47.2 Å². The van der Waals surface area contributed by atoms with Crippen LogP contribution in [0.4, 0.5) is 0 Å². The Labute approximate surface area is 120 Å². The van der Waals surface area contributed by atoms with Gasteiger partial charge < -0.3 is 4.90 Å². The van der Waals surface area contributed by atoms with Crippen LogP contribution in [-0.4, -0.2) is 29.3 Å². The van der Waals surface area contributed by atoms with Gasteiger partial charge in [-0.05, 0) is 51.7 Å². The van der Waals surface area contributed by atoms with Gasteiger partial charge in [-0.25, -0.2) is 0 Å². The molecular formula is C16H22ClNO. The van der Waals surface area contributed by atoms with Gasteiger partial charge in [-0.2, -0.15) is 0 Å². The van der Waals surface area contributed by atoms with Crippen molar-refractivity contribution in [2.45, 2.75) is 45.6 Å². The number of carbonyl (C=O) groups excluding carboxylic acids is 1. The minimum Gasteiger partial charge on any atom is -0.336 e. The Hall–Kier alpha value is -1.02. The van der Waals surface area contributed by atoms with Crippen molar-refractivity contribution in [2.24, 2.45) is 0 Å². The summed E-state index contributed by atoms with van der Waals surface area (Å²) < 4.78 is 0. The maximum Gasteiger partial charge on any atom is 0.254 e. The molecule has 1 aromatic rings. The second kappa shape index (κ2) is 6.42. The number of aryl methyl sites for hydroxylation is 2. The fourth-order valence-corrected chi connectivity index (χ4v) is 3.21. The van der Waals surface area contributed by atoms with Crippen LogP contribution in [-0.2, 0) is 0 Å². The number of hydrogen-bond donors (Lipinski definition) is 0. The first-order valence-electron chi connectivity index (χ1n) is 7.07. The van der Waals surface area contributed by atoms with E-state index in [4.69, 9.17) is 11.6 Å². The van der Waals surface area contributed by atoms with E-state index in [2.05, 4.69) is 6.07 Å². The van der Waals surface area contributed by atoms with Crippen LogP contribution in [0.5, 0.6) is 0 Å². The van der Waals surface area contributed by atoms with E-state index in [1.165, 1.54) is 6.42 Å². The molecule has 19 heavy (non-hydrogen) atoms. The summed E-state index contributed by atoms with van der Waals surface area (Å²) in [6.07, 6.45) is 4.30. The van der Waals surface area contributed by atoms with Gasteiger partial charge in [-0.15, -0.1) is 11.6 Å². The summed E-state index contributed by atoms with van der Waals surface area (Å²) in [5.74, 6) is 0.794. The molecule has 1 atom stereocenters. The molecule has 0 N–H and O–H groups in total. The number of carbonyl (C=O) groups is 1. The zero-order chi connectivity index (χ0) is 13.8. The van der Waals surface area contributed by atoms with Crippen LogP contribution in [0.2, 0.25) is 0 Å². The standard InChI is InChI=1S/C16H22ClNO/c1-12-9-13(2)11-14(10-12)16(19)18-8-4-3-5-15(18)6-7-17/h9-11,15H,3-8H2,1-2H3. The van der Waals surface area contributed by atoms with Crippen molar-refractivity contribution < 1.29 is 4.79 Å². The third-order valence-corrected chi connectivity index (χ3v) is 4.02. The first kappa shape index (κ1) is 14.4. The van der Waals surface area contributed by atoms with Crippen molar-refractivity contribution in [1.29, 1.82) is 0 Å². The predicted octanol–water partition coefficient (Wildman–Crippen LogP) is 3.93. The Morgan fingerprint density at radius 3 is 2.58 bits per heavy atom. The second-order valence-electron chi connectivity index (χ2n) is 5.50. The Balaban J connectivity index is 2.20. The number of amides is 1. The van der Waals surface area contributed by atoms with Crippen LogP contribution >= 0.6 is 11.6 Å². The molecule has 1 aliphatic heterocycles. The lowest BCUT2D eigenvalue weighted by Gasteiger charge is -2.35. The first-order chi connectivity index (χ1) is 9.11. The van der Waals surface area contributed by atoms with Crippen molar-refractivity contribution >= 4 is 17.5 Å². The van der Waals surface area contributed by atoms with Crippen molar-refractivity contribution in [3.05, 3.63) is 34.9 Å². The lowest BCUT2D eigenvalue weighted by Crippen LogP contribution is -2.44. The Morgan fingerprint density at radius 1 is 1.26 bits per heavy atom. The summed E-state index contributed by atoms with van der Waals surface area (Å²) in [5, 5.41) is 0. The maximum atomic E-state index is 12.7. The molecule has 1 heterocycles. The van der Waals surface area contributed by atoms with Crippen molar-refractivity contribution in [1.82, 2.24) is 4.90 Å². The zero-order valence-corrected chi connectivity index (χ0v) is 12.5. The monoisotopic (exact) mass is 279 g/mol. The third-order valence-electron chi connectivity index (χ3n) is 3.80. The molecule has 1 aromatic carbocycles. The molecule has 0 saturated carbocycles. The highest BCUT2D eigenvalue weighted by molar-refractivity contribution is 6.17. The number of rotatable bonds is 3. The Kier molecular flexibility index (Phi) is 4.87. The molecule has 2 nitrogen and oxygen atoms in total. The summed E-state index contributed by atoms with van der Waals surface area (Å²) >= 11 is 5.86. The summed E-state index contributed by atoms with van der Waals surface area (Å²) in [4.78, 5) is 14.7. The summed E-state index contributed by atoms with van der Waals surface area (Å²) in [7, 11) is 0. The highest BCUT2D eigenvalue weighted by Crippen LogP contribution is 2.23.